The highest BCUT2D eigenvalue weighted by Crippen LogP contribution is 2.27. The summed E-state index contributed by atoms with van der Waals surface area (Å²) in [5.74, 6) is 2.46. The third-order valence-corrected chi connectivity index (χ3v) is 4.99. The van der Waals surface area contributed by atoms with Crippen molar-refractivity contribution in [2.75, 3.05) is 19.3 Å². The van der Waals surface area contributed by atoms with E-state index in [2.05, 4.69) is 10.1 Å². The van der Waals surface area contributed by atoms with Crippen molar-refractivity contribution in [3.63, 3.8) is 0 Å². The number of aromatic nitrogens is 2. The molecule has 0 bridgehead atoms. The van der Waals surface area contributed by atoms with Crippen molar-refractivity contribution in [3.8, 4) is 0 Å². The molecular weight excluding hydrogens is 346 g/mol. The van der Waals surface area contributed by atoms with Crippen LogP contribution in [0.2, 0.25) is 5.02 Å². The van der Waals surface area contributed by atoms with Crippen LogP contribution in [0.5, 0.6) is 0 Å². The van der Waals surface area contributed by atoms with Gasteiger partial charge in [0, 0.05) is 24.5 Å². The molecule has 1 aliphatic rings. The molecule has 5 nitrogen and oxygen atoms in total. The van der Waals surface area contributed by atoms with E-state index in [4.69, 9.17) is 16.1 Å². The van der Waals surface area contributed by atoms with Gasteiger partial charge < -0.3 is 9.42 Å². The third-order valence-electron chi connectivity index (χ3n) is 4.19. The van der Waals surface area contributed by atoms with Gasteiger partial charge in [-0.2, -0.15) is 16.7 Å². The number of hydrogen-bond donors (Lipinski definition) is 0. The van der Waals surface area contributed by atoms with Crippen molar-refractivity contribution in [1.82, 2.24) is 15.0 Å². The number of nitrogens with zero attached hydrogens (tertiary/aromatic N) is 3. The van der Waals surface area contributed by atoms with Crippen LogP contribution in [0.4, 0.5) is 0 Å². The Balaban J connectivity index is 1.60. The second kappa shape index (κ2) is 8.03. The first kappa shape index (κ1) is 17.3. The number of carbonyl (C=O) groups excluding carboxylic acids is 1. The van der Waals surface area contributed by atoms with Crippen LogP contribution in [0.1, 0.15) is 36.0 Å². The molecule has 1 amide bonds. The predicted octanol–water partition coefficient (Wildman–Crippen LogP) is 3.53. The number of hydrogen-bond acceptors (Lipinski definition) is 5. The number of likely N-dealkylation sites (tertiary alicyclic amines) is 1. The van der Waals surface area contributed by atoms with Gasteiger partial charge in [-0.25, -0.2) is 0 Å². The Labute approximate surface area is 150 Å². The molecule has 1 fully saturated rings. The maximum Gasteiger partial charge on any atom is 0.231 e. The Morgan fingerprint density at radius 1 is 1.38 bits per heavy atom. The standard InChI is InChI=1S/C17H20ClN3O2S/c1-24-11-15-19-17(23-20-15)13-4-7-16(22)21(10-13)9-8-12-2-5-14(18)6-3-12/h2-3,5-6,13H,4,7-11H2,1H3. The predicted molar refractivity (Wildman–Crippen MR) is 95.2 cm³/mol. The number of amides is 1. The quantitative estimate of drug-likeness (QED) is 0.783. The lowest BCUT2D eigenvalue weighted by Crippen LogP contribution is -2.40. The number of thioether (sulfide) groups is 1. The molecule has 1 aromatic heterocycles. The number of rotatable bonds is 6. The number of halogens is 1. The summed E-state index contributed by atoms with van der Waals surface area (Å²) in [4.78, 5) is 18.6. The Kier molecular flexibility index (Phi) is 5.79. The average molecular weight is 366 g/mol. The summed E-state index contributed by atoms with van der Waals surface area (Å²) in [5.41, 5.74) is 1.18. The van der Waals surface area contributed by atoms with Crippen molar-refractivity contribution >= 4 is 29.3 Å². The van der Waals surface area contributed by atoms with Crippen molar-refractivity contribution in [3.05, 3.63) is 46.6 Å². The first-order valence-electron chi connectivity index (χ1n) is 7.99. The third kappa shape index (κ3) is 4.30. The van der Waals surface area contributed by atoms with E-state index in [1.54, 1.807) is 11.8 Å². The SMILES string of the molecule is CSCc1noc(C2CCC(=O)N(CCc3ccc(Cl)cc3)C2)n1. The van der Waals surface area contributed by atoms with E-state index in [1.807, 2.05) is 35.4 Å². The summed E-state index contributed by atoms with van der Waals surface area (Å²) in [5, 5.41) is 4.73. The number of carbonyl (C=O) groups is 1. The zero-order valence-electron chi connectivity index (χ0n) is 13.6. The van der Waals surface area contributed by atoms with Gasteiger partial charge in [0.2, 0.25) is 11.8 Å². The van der Waals surface area contributed by atoms with Gasteiger partial charge >= 0.3 is 0 Å². The molecule has 1 saturated heterocycles. The fourth-order valence-electron chi connectivity index (χ4n) is 2.87. The largest absolute Gasteiger partial charge is 0.342 e. The topological polar surface area (TPSA) is 59.2 Å². The van der Waals surface area contributed by atoms with Gasteiger partial charge in [-0.15, -0.1) is 0 Å². The zero-order chi connectivity index (χ0) is 16.9. The Hall–Kier alpha value is -1.53. The van der Waals surface area contributed by atoms with Crippen molar-refractivity contribution in [2.24, 2.45) is 0 Å². The second-order valence-electron chi connectivity index (χ2n) is 5.93. The van der Waals surface area contributed by atoms with Crippen LogP contribution in [0.25, 0.3) is 0 Å². The fraction of sp³-hybridized carbons (Fsp3) is 0.471. The molecule has 128 valence electrons. The molecule has 1 atom stereocenters. The van der Waals surface area contributed by atoms with Crippen LogP contribution in [0.3, 0.4) is 0 Å². The van der Waals surface area contributed by atoms with E-state index in [0.717, 1.165) is 29.4 Å². The Morgan fingerprint density at radius 2 is 2.17 bits per heavy atom. The van der Waals surface area contributed by atoms with Gasteiger partial charge in [-0.1, -0.05) is 28.9 Å². The van der Waals surface area contributed by atoms with Crippen molar-refractivity contribution in [2.45, 2.75) is 30.9 Å². The van der Waals surface area contributed by atoms with Gasteiger partial charge in [0.1, 0.15) is 0 Å². The summed E-state index contributed by atoms with van der Waals surface area (Å²) in [7, 11) is 0. The molecule has 1 aromatic carbocycles. The van der Waals surface area contributed by atoms with E-state index in [0.29, 0.717) is 25.4 Å². The van der Waals surface area contributed by atoms with E-state index in [9.17, 15) is 4.79 Å². The van der Waals surface area contributed by atoms with Gasteiger partial charge in [-0.3, -0.25) is 4.79 Å². The first-order valence-corrected chi connectivity index (χ1v) is 9.76. The smallest absolute Gasteiger partial charge is 0.231 e. The lowest BCUT2D eigenvalue weighted by molar-refractivity contribution is -0.133. The molecular formula is C17H20ClN3O2S. The van der Waals surface area contributed by atoms with E-state index >= 15 is 0 Å². The normalized spacial score (nSPS) is 18.2. The molecule has 7 heteroatoms. The summed E-state index contributed by atoms with van der Waals surface area (Å²) < 4.78 is 5.39. The van der Waals surface area contributed by atoms with Crippen LogP contribution in [0.15, 0.2) is 28.8 Å². The maximum absolute atomic E-state index is 12.2. The molecule has 2 aromatic rings. The minimum Gasteiger partial charge on any atom is -0.342 e. The summed E-state index contributed by atoms with van der Waals surface area (Å²) >= 11 is 7.57. The number of piperidine rings is 1. The molecule has 1 aliphatic heterocycles. The maximum atomic E-state index is 12.2. The highest BCUT2D eigenvalue weighted by Gasteiger charge is 2.30. The highest BCUT2D eigenvalue weighted by molar-refractivity contribution is 7.97. The van der Waals surface area contributed by atoms with Crippen LogP contribution in [-0.4, -0.2) is 40.3 Å². The lowest BCUT2D eigenvalue weighted by Gasteiger charge is -2.31. The van der Waals surface area contributed by atoms with Crippen LogP contribution in [0, 0.1) is 0 Å². The van der Waals surface area contributed by atoms with Crippen molar-refractivity contribution < 1.29 is 9.32 Å². The van der Waals surface area contributed by atoms with Gasteiger partial charge in [0.15, 0.2) is 5.82 Å². The van der Waals surface area contributed by atoms with Crippen LogP contribution in [-0.2, 0) is 17.0 Å². The minimum atomic E-state index is 0.135. The van der Waals surface area contributed by atoms with Crippen LogP contribution >= 0.6 is 23.4 Å². The van der Waals surface area contributed by atoms with Crippen molar-refractivity contribution in [1.29, 1.82) is 0 Å². The summed E-state index contributed by atoms with van der Waals surface area (Å²) in [6, 6.07) is 7.76. The van der Waals surface area contributed by atoms with Gasteiger partial charge in [0.25, 0.3) is 0 Å². The Bertz CT molecular complexity index is 689. The Morgan fingerprint density at radius 3 is 2.92 bits per heavy atom. The molecule has 0 spiro atoms. The fourth-order valence-corrected chi connectivity index (χ4v) is 3.37. The zero-order valence-corrected chi connectivity index (χ0v) is 15.1. The lowest BCUT2D eigenvalue weighted by atomic mass is 9.97. The highest BCUT2D eigenvalue weighted by atomic mass is 35.5. The molecule has 0 N–H and O–H groups in total. The van der Waals surface area contributed by atoms with E-state index in [-0.39, 0.29) is 11.8 Å². The molecule has 24 heavy (non-hydrogen) atoms. The van der Waals surface area contributed by atoms with E-state index < -0.39 is 0 Å². The summed E-state index contributed by atoms with van der Waals surface area (Å²) in [6.07, 6.45) is 4.13. The monoisotopic (exact) mass is 365 g/mol. The molecule has 0 aliphatic carbocycles. The molecule has 2 heterocycles. The average Bonchev–Trinajstić information content (AvgIpc) is 3.05. The van der Waals surface area contributed by atoms with Crippen LogP contribution < -0.4 is 0 Å². The molecule has 3 rings (SSSR count). The summed E-state index contributed by atoms with van der Waals surface area (Å²) in [6.45, 7) is 1.34. The first-order chi connectivity index (χ1) is 11.7. The minimum absolute atomic E-state index is 0.135. The molecule has 0 radical (unpaired) electrons. The van der Waals surface area contributed by atoms with Gasteiger partial charge in [-0.05, 0) is 36.8 Å². The number of benzene rings is 1. The van der Waals surface area contributed by atoms with Gasteiger partial charge in [0.05, 0.1) is 11.7 Å². The molecule has 1 unspecified atom stereocenters. The van der Waals surface area contributed by atoms with E-state index in [1.165, 1.54) is 5.56 Å². The second-order valence-corrected chi connectivity index (χ2v) is 7.24. The molecule has 0 saturated carbocycles.